The van der Waals surface area contributed by atoms with Gasteiger partial charge in [0, 0.05) is 4.88 Å². The number of rotatable bonds is 3. The summed E-state index contributed by atoms with van der Waals surface area (Å²) in [5, 5.41) is 3.30. The molecule has 3 N–H and O–H groups in total. The van der Waals surface area contributed by atoms with Crippen LogP contribution in [0.5, 0.6) is 0 Å². The highest BCUT2D eigenvalue weighted by Crippen LogP contribution is 2.39. The van der Waals surface area contributed by atoms with Gasteiger partial charge in [0.2, 0.25) is 0 Å². The fourth-order valence-electron chi connectivity index (χ4n) is 2.35. The van der Waals surface area contributed by atoms with Gasteiger partial charge in [0.25, 0.3) is 11.8 Å². The SMILES string of the molecule is NC(=O)c1c(NC(=O)c2ccc(Cl)o2)sc2c1CCC2. The fraction of sp³-hybridized carbons (Fsp3) is 0.231. The Morgan fingerprint density at radius 2 is 2.15 bits per heavy atom. The van der Waals surface area contributed by atoms with Crippen molar-refractivity contribution in [1.29, 1.82) is 0 Å². The van der Waals surface area contributed by atoms with Gasteiger partial charge in [-0.1, -0.05) is 0 Å². The molecule has 2 heterocycles. The first-order chi connectivity index (χ1) is 9.56. The number of primary amides is 1. The lowest BCUT2D eigenvalue weighted by molar-refractivity contribution is 0.0997. The summed E-state index contributed by atoms with van der Waals surface area (Å²) < 4.78 is 5.04. The number of anilines is 1. The normalized spacial score (nSPS) is 13.2. The standard InChI is InChI=1S/C13H11ClN2O3S/c14-9-5-4-7(19-9)12(18)16-13-10(11(15)17)6-2-1-3-8(6)20-13/h4-5H,1-3H2,(H2,15,17)(H,16,18). The molecule has 0 fully saturated rings. The van der Waals surface area contributed by atoms with E-state index >= 15 is 0 Å². The average molecular weight is 311 g/mol. The third-order valence-corrected chi connectivity index (χ3v) is 4.60. The minimum atomic E-state index is -0.517. The first-order valence-corrected chi connectivity index (χ1v) is 7.26. The first-order valence-electron chi connectivity index (χ1n) is 6.07. The molecule has 0 saturated heterocycles. The molecule has 104 valence electrons. The van der Waals surface area contributed by atoms with Crippen molar-refractivity contribution in [1.82, 2.24) is 0 Å². The van der Waals surface area contributed by atoms with E-state index in [1.807, 2.05) is 0 Å². The summed E-state index contributed by atoms with van der Waals surface area (Å²) in [6, 6.07) is 2.96. The van der Waals surface area contributed by atoms with Crippen LogP contribution in [-0.2, 0) is 12.8 Å². The third kappa shape index (κ3) is 2.21. The molecule has 0 aliphatic heterocycles. The van der Waals surface area contributed by atoms with E-state index in [1.54, 1.807) is 0 Å². The van der Waals surface area contributed by atoms with Crippen LogP contribution in [0.15, 0.2) is 16.5 Å². The van der Waals surface area contributed by atoms with Crippen LogP contribution in [0.1, 0.15) is 37.8 Å². The number of halogens is 1. The number of aryl methyl sites for hydroxylation is 1. The lowest BCUT2D eigenvalue weighted by atomic mass is 10.1. The van der Waals surface area contributed by atoms with Crippen molar-refractivity contribution < 1.29 is 14.0 Å². The second-order valence-corrected chi connectivity index (χ2v) is 5.96. The predicted octanol–water partition coefficient (Wildman–Crippen LogP) is 2.83. The Morgan fingerprint density at radius 3 is 2.80 bits per heavy atom. The highest BCUT2D eigenvalue weighted by atomic mass is 35.5. The van der Waals surface area contributed by atoms with E-state index in [2.05, 4.69) is 5.32 Å². The van der Waals surface area contributed by atoms with Gasteiger partial charge in [-0.2, -0.15) is 0 Å². The van der Waals surface area contributed by atoms with Gasteiger partial charge in [-0.25, -0.2) is 0 Å². The van der Waals surface area contributed by atoms with E-state index in [0.717, 1.165) is 29.7 Å². The molecule has 0 bridgehead atoms. The molecule has 0 aromatic carbocycles. The summed E-state index contributed by atoms with van der Waals surface area (Å²) in [7, 11) is 0. The largest absolute Gasteiger partial charge is 0.440 e. The first kappa shape index (κ1) is 13.2. The summed E-state index contributed by atoms with van der Waals surface area (Å²) >= 11 is 7.03. The van der Waals surface area contributed by atoms with E-state index in [0.29, 0.717) is 10.6 Å². The molecule has 0 radical (unpaired) electrons. The Bertz CT molecular complexity index is 705. The molecule has 0 spiro atoms. The zero-order valence-corrected chi connectivity index (χ0v) is 11.9. The van der Waals surface area contributed by atoms with E-state index < -0.39 is 11.8 Å². The summed E-state index contributed by atoms with van der Waals surface area (Å²) in [5.41, 5.74) is 6.81. The van der Waals surface area contributed by atoms with Crippen LogP contribution in [0.3, 0.4) is 0 Å². The van der Waals surface area contributed by atoms with Crippen LogP contribution in [-0.4, -0.2) is 11.8 Å². The molecule has 7 heteroatoms. The molecule has 3 rings (SSSR count). The zero-order valence-electron chi connectivity index (χ0n) is 10.4. The molecule has 2 aromatic heterocycles. The number of fused-ring (bicyclic) bond motifs is 1. The van der Waals surface area contributed by atoms with E-state index in [9.17, 15) is 9.59 Å². The smallest absolute Gasteiger partial charge is 0.292 e. The molecule has 20 heavy (non-hydrogen) atoms. The van der Waals surface area contributed by atoms with Crippen LogP contribution in [0.4, 0.5) is 5.00 Å². The van der Waals surface area contributed by atoms with Gasteiger partial charge >= 0.3 is 0 Å². The fourth-order valence-corrected chi connectivity index (χ4v) is 3.79. The molecular formula is C13H11ClN2O3S. The zero-order chi connectivity index (χ0) is 14.3. The third-order valence-electron chi connectivity index (χ3n) is 3.19. The summed E-state index contributed by atoms with van der Waals surface area (Å²) in [4.78, 5) is 24.7. The molecule has 1 aliphatic carbocycles. The molecule has 1 aliphatic rings. The van der Waals surface area contributed by atoms with E-state index in [-0.39, 0.29) is 11.0 Å². The Balaban J connectivity index is 1.91. The lowest BCUT2D eigenvalue weighted by Crippen LogP contribution is -2.17. The summed E-state index contributed by atoms with van der Waals surface area (Å²) in [6.07, 6.45) is 2.76. The number of hydrogen-bond donors (Lipinski definition) is 2. The Morgan fingerprint density at radius 1 is 1.35 bits per heavy atom. The Labute approximate surface area is 123 Å². The van der Waals surface area contributed by atoms with Crippen molar-refractivity contribution in [2.24, 2.45) is 5.73 Å². The maximum absolute atomic E-state index is 12.0. The van der Waals surface area contributed by atoms with Gasteiger partial charge in [-0.05, 0) is 48.6 Å². The number of amides is 2. The van der Waals surface area contributed by atoms with Crippen molar-refractivity contribution in [2.75, 3.05) is 5.32 Å². The van der Waals surface area contributed by atoms with E-state index in [1.165, 1.54) is 23.5 Å². The van der Waals surface area contributed by atoms with Crippen LogP contribution in [0.25, 0.3) is 0 Å². The molecule has 2 amide bonds. The monoisotopic (exact) mass is 310 g/mol. The number of carbonyl (C=O) groups excluding carboxylic acids is 2. The van der Waals surface area contributed by atoms with Crippen molar-refractivity contribution in [3.63, 3.8) is 0 Å². The second-order valence-electron chi connectivity index (χ2n) is 4.48. The molecule has 0 atom stereocenters. The van der Waals surface area contributed by atoms with Crippen LogP contribution in [0.2, 0.25) is 5.22 Å². The number of nitrogens with one attached hydrogen (secondary N) is 1. The number of nitrogens with two attached hydrogens (primary N) is 1. The molecular weight excluding hydrogens is 300 g/mol. The average Bonchev–Trinajstić information content (AvgIpc) is 3.03. The highest BCUT2D eigenvalue weighted by Gasteiger charge is 2.26. The quantitative estimate of drug-likeness (QED) is 0.914. The molecule has 0 saturated carbocycles. The van der Waals surface area contributed by atoms with Crippen LogP contribution >= 0.6 is 22.9 Å². The molecule has 2 aromatic rings. The van der Waals surface area contributed by atoms with E-state index in [4.69, 9.17) is 21.8 Å². The van der Waals surface area contributed by atoms with Crippen molar-refractivity contribution in [3.05, 3.63) is 39.1 Å². The molecule has 5 nitrogen and oxygen atoms in total. The van der Waals surface area contributed by atoms with Gasteiger partial charge in [0.1, 0.15) is 5.00 Å². The van der Waals surface area contributed by atoms with Gasteiger partial charge in [-0.15, -0.1) is 11.3 Å². The minimum Gasteiger partial charge on any atom is -0.440 e. The molecule has 0 unspecified atom stereocenters. The second kappa shape index (κ2) is 4.96. The summed E-state index contributed by atoms with van der Waals surface area (Å²) in [6.45, 7) is 0. The predicted molar refractivity (Wildman–Crippen MR) is 76.5 cm³/mol. The van der Waals surface area contributed by atoms with Gasteiger partial charge in [0.05, 0.1) is 5.56 Å². The van der Waals surface area contributed by atoms with Crippen LogP contribution < -0.4 is 11.1 Å². The van der Waals surface area contributed by atoms with Gasteiger partial charge < -0.3 is 15.5 Å². The Hall–Kier alpha value is -1.79. The lowest BCUT2D eigenvalue weighted by Gasteiger charge is -2.04. The van der Waals surface area contributed by atoms with Crippen LogP contribution in [0, 0.1) is 0 Å². The summed E-state index contributed by atoms with van der Waals surface area (Å²) in [5.74, 6) is -0.865. The van der Waals surface area contributed by atoms with Crippen molar-refractivity contribution in [2.45, 2.75) is 19.3 Å². The maximum Gasteiger partial charge on any atom is 0.292 e. The van der Waals surface area contributed by atoms with Crippen molar-refractivity contribution >= 4 is 39.8 Å². The minimum absolute atomic E-state index is 0.0963. The highest BCUT2D eigenvalue weighted by molar-refractivity contribution is 7.17. The number of carbonyl (C=O) groups is 2. The Kier molecular flexibility index (Phi) is 3.27. The van der Waals surface area contributed by atoms with Gasteiger partial charge in [0.15, 0.2) is 11.0 Å². The topological polar surface area (TPSA) is 85.3 Å². The number of hydrogen-bond acceptors (Lipinski definition) is 4. The van der Waals surface area contributed by atoms with Crippen molar-refractivity contribution in [3.8, 4) is 0 Å². The number of thiophene rings is 1. The maximum atomic E-state index is 12.0. The number of furan rings is 1. The van der Waals surface area contributed by atoms with Gasteiger partial charge in [-0.3, -0.25) is 9.59 Å².